The van der Waals surface area contributed by atoms with Crippen LogP contribution in [0.3, 0.4) is 0 Å². The van der Waals surface area contributed by atoms with E-state index in [1.165, 1.54) is 12.1 Å². The van der Waals surface area contributed by atoms with Crippen LogP contribution in [0.5, 0.6) is 17.2 Å². The summed E-state index contributed by atoms with van der Waals surface area (Å²) in [5, 5.41) is 18.7. The van der Waals surface area contributed by atoms with Crippen LogP contribution in [0, 0.1) is 0 Å². The summed E-state index contributed by atoms with van der Waals surface area (Å²) in [4.78, 5) is 11.8. The fourth-order valence-corrected chi connectivity index (χ4v) is 1.73. The lowest BCUT2D eigenvalue weighted by Gasteiger charge is -2.15. The quantitative estimate of drug-likeness (QED) is 0.827. The number of rotatable bonds is 5. The first-order valence-electron chi connectivity index (χ1n) is 6.47. The van der Waals surface area contributed by atoms with Crippen LogP contribution in [0.2, 0.25) is 0 Å². The van der Waals surface area contributed by atoms with E-state index in [1.807, 2.05) is 30.3 Å². The zero-order chi connectivity index (χ0) is 15.2. The van der Waals surface area contributed by atoms with E-state index in [9.17, 15) is 9.90 Å². The van der Waals surface area contributed by atoms with Crippen LogP contribution in [0.15, 0.2) is 48.5 Å². The first-order chi connectivity index (χ1) is 10.1. The molecule has 0 heterocycles. The highest BCUT2D eigenvalue weighted by atomic mass is 16.6. The van der Waals surface area contributed by atoms with Crippen LogP contribution >= 0.6 is 0 Å². The van der Waals surface area contributed by atoms with E-state index < -0.39 is 5.97 Å². The molecule has 0 fully saturated rings. The van der Waals surface area contributed by atoms with E-state index in [-0.39, 0.29) is 29.8 Å². The number of ether oxygens (including phenoxy) is 2. The van der Waals surface area contributed by atoms with Crippen molar-refractivity contribution >= 4 is 5.97 Å². The van der Waals surface area contributed by atoms with Crippen molar-refractivity contribution in [3.8, 4) is 17.2 Å². The van der Waals surface area contributed by atoms with Gasteiger partial charge in [-0.25, -0.2) is 4.79 Å². The second-order valence-electron chi connectivity index (χ2n) is 4.54. The van der Waals surface area contributed by atoms with Crippen molar-refractivity contribution in [2.75, 3.05) is 6.61 Å². The van der Waals surface area contributed by atoms with Crippen LogP contribution in [0.25, 0.3) is 0 Å². The van der Waals surface area contributed by atoms with Crippen LogP contribution in [0.1, 0.15) is 17.3 Å². The van der Waals surface area contributed by atoms with Gasteiger partial charge in [0.05, 0.1) is 0 Å². The minimum absolute atomic E-state index is 0.000267. The lowest BCUT2D eigenvalue weighted by atomic mass is 10.2. The van der Waals surface area contributed by atoms with E-state index >= 15 is 0 Å². The van der Waals surface area contributed by atoms with Crippen molar-refractivity contribution in [2.45, 2.75) is 13.0 Å². The molecule has 2 rings (SSSR count). The maximum Gasteiger partial charge on any atom is 0.342 e. The Labute approximate surface area is 122 Å². The molecule has 0 aliphatic carbocycles. The van der Waals surface area contributed by atoms with Gasteiger partial charge in [0.25, 0.3) is 0 Å². The minimum atomic E-state index is -0.670. The number of esters is 1. The van der Waals surface area contributed by atoms with Crippen molar-refractivity contribution < 1.29 is 24.5 Å². The average Bonchev–Trinajstić information content (AvgIpc) is 2.46. The van der Waals surface area contributed by atoms with E-state index in [1.54, 1.807) is 6.92 Å². The summed E-state index contributed by atoms with van der Waals surface area (Å²) in [5.74, 6) is -0.425. The third-order valence-electron chi connectivity index (χ3n) is 2.73. The lowest BCUT2D eigenvalue weighted by molar-refractivity contribution is 0.0338. The maximum atomic E-state index is 11.8. The summed E-state index contributed by atoms with van der Waals surface area (Å²) in [6.45, 7) is 1.82. The first-order valence-corrected chi connectivity index (χ1v) is 6.47. The summed E-state index contributed by atoms with van der Waals surface area (Å²) in [6.07, 6.45) is -0.324. The highest BCUT2D eigenvalue weighted by Crippen LogP contribution is 2.23. The Kier molecular flexibility index (Phi) is 4.66. The number of phenols is 2. The number of para-hydroxylation sites is 1. The molecule has 5 nitrogen and oxygen atoms in total. The molecule has 0 radical (unpaired) electrons. The largest absolute Gasteiger partial charge is 0.508 e. The van der Waals surface area contributed by atoms with Gasteiger partial charge in [0.1, 0.15) is 35.5 Å². The molecule has 0 bridgehead atoms. The highest BCUT2D eigenvalue weighted by Gasteiger charge is 2.15. The Morgan fingerprint density at radius 1 is 1.14 bits per heavy atom. The summed E-state index contributed by atoms with van der Waals surface area (Å²) >= 11 is 0. The van der Waals surface area contributed by atoms with Gasteiger partial charge in [-0.15, -0.1) is 0 Å². The minimum Gasteiger partial charge on any atom is -0.508 e. The zero-order valence-corrected chi connectivity index (χ0v) is 11.5. The van der Waals surface area contributed by atoms with E-state index in [0.717, 1.165) is 6.07 Å². The summed E-state index contributed by atoms with van der Waals surface area (Å²) in [7, 11) is 0. The molecule has 110 valence electrons. The molecule has 0 saturated heterocycles. The molecule has 0 aliphatic rings. The Balaban J connectivity index is 1.89. The number of carbonyl (C=O) groups excluding carboxylic acids is 1. The van der Waals surface area contributed by atoms with Gasteiger partial charge in [-0.1, -0.05) is 18.2 Å². The molecule has 0 aromatic heterocycles. The highest BCUT2D eigenvalue weighted by molar-refractivity contribution is 5.92. The van der Waals surface area contributed by atoms with E-state index in [4.69, 9.17) is 14.6 Å². The predicted octanol–water partition coefficient (Wildman–Crippen LogP) is 2.72. The predicted molar refractivity (Wildman–Crippen MR) is 76.6 cm³/mol. The maximum absolute atomic E-state index is 11.8. The molecular formula is C16H16O5. The van der Waals surface area contributed by atoms with Gasteiger partial charge in [0, 0.05) is 6.07 Å². The van der Waals surface area contributed by atoms with Gasteiger partial charge >= 0.3 is 5.97 Å². The molecular weight excluding hydrogens is 272 g/mol. The van der Waals surface area contributed by atoms with Gasteiger partial charge in [-0.2, -0.15) is 0 Å². The Hall–Kier alpha value is -2.69. The van der Waals surface area contributed by atoms with Gasteiger partial charge in [0.15, 0.2) is 0 Å². The molecule has 21 heavy (non-hydrogen) atoms. The Morgan fingerprint density at radius 3 is 2.52 bits per heavy atom. The van der Waals surface area contributed by atoms with E-state index in [0.29, 0.717) is 5.75 Å². The second-order valence-corrected chi connectivity index (χ2v) is 4.54. The molecule has 0 amide bonds. The van der Waals surface area contributed by atoms with Crippen LogP contribution in [-0.2, 0) is 4.74 Å². The molecule has 2 aromatic carbocycles. The normalized spacial score (nSPS) is 11.7. The molecule has 2 aromatic rings. The topological polar surface area (TPSA) is 76.0 Å². The number of hydrogen-bond donors (Lipinski definition) is 2. The number of benzene rings is 2. The molecule has 1 atom stereocenters. The summed E-state index contributed by atoms with van der Waals surface area (Å²) in [5.41, 5.74) is -0.000267. The monoisotopic (exact) mass is 288 g/mol. The third kappa shape index (κ3) is 4.14. The third-order valence-corrected chi connectivity index (χ3v) is 2.73. The van der Waals surface area contributed by atoms with Crippen LogP contribution < -0.4 is 4.74 Å². The summed E-state index contributed by atoms with van der Waals surface area (Å²) < 4.78 is 10.6. The van der Waals surface area contributed by atoms with Crippen LogP contribution in [0.4, 0.5) is 0 Å². The van der Waals surface area contributed by atoms with Gasteiger partial charge in [0.2, 0.25) is 0 Å². The molecule has 0 saturated carbocycles. The van der Waals surface area contributed by atoms with Gasteiger partial charge in [-0.05, 0) is 31.2 Å². The summed E-state index contributed by atoms with van der Waals surface area (Å²) in [6, 6.07) is 12.9. The zero-order valence-electron chi connectivity index (χ0n) is 11.5. The first kappa shape index (κ1) is 14.7. The second kappa shape index (κ2) is 6.65. The Bertz CT molecular complexity index is 609. The number of aromatic hydroxyl groups is 2. The average molecular weight is 288 g/mol. The van der Waals surface area contributed by atoms with Gasteiger partial charge in [-0.3, -0.25) is 0 Å². The number of phenolic OH excluding ortho intramolecular Hbond substituents is 2. The molecule has 1 unspecified atom stereocenters. The SMILES string of the molecule is CC(COC(=O)c1ccc(O)cc1O)Oc1ccccc1. The van der Waals surface area contributed by atoms with E-state index in [2.05, 4.69) is 0 Å². The van der Waals surface area contributed by atoms with Crippen molar-refractivity contribution in [3.05, 3.63) is 54.1 Å². The molecule has 0 aliphatic heterocycles. The van der Waals surface area contributed by atoms with Gasteiger partial charge < -0.3 is 19.7 Å². The fourth-order valence-electron chi connectivity index (χ4n) is 1.73. The molecule has 0 spiro atoms. The van der Waals surface area contributed by atoms with Crippen LogP contribution in [-0.4, -0.2) is 28.9 Å². The van der Waals surface area contributed by atoms with Crippen molar-refractivity contribution in [3.63, 3.8) is 0 Å². The molecule has 5 heteroatoms. The number of hydrogen-bond acceptors (Lipinski definition) is 5. The fraction of sp³-hybridized carbons (Fsp3) is 0.188. The van der Waals surface area contributed by atoms with Crippen molar-refractivity contribution in [2.24, 2.45) is 0 Å². The number of carbonyl (C=O) groups is 1. The standard InChI is InChI=1S/C16H16O5/c1-11(21-13-5-3-2-4-6-13)10-20-16(19)14-8-7-12(17)9-15(14)18/h2-9,11,17-18H,10H2,1H3. The van der Waals surface area contributed by atoms with Crippen molar-refractivity contribution in [1.29, 1.82) is 0 Å². The lowest BCUT2D eigenvalue weighted by Crippen LogP contribution is -2.21. The smallest absolute Gasteiger partial charge is 0.342 e. The Morgan fingerprint density at radius 2 is 1.86 bits per heavy atom. The molecule has 2 N–H and O–H groups in total. The van der Waals surface area contributed by atoms with Crippen molar-refractivity contribution in [1.82, 2.24) is 0 Å².